The van der Waals surface area contributed by atoms with Crippen LogP contribution >= 0.6 is 0 Å². The van der Waals surface area contributed by atoms with Crippen molar-refractivity contribution in [2.24, 2.45) is 0 Å². The van der Waals surface area contributed by atoms with E-state index in [0.717, 1.165) is 12.8 Å². The van der Waals surface area contributed by atoms with Crippen LogP contribution in [-0.2, 0) is 4.79 Å². The fourth-order valence-electron chi connectivity index (χ4n) is 2.44. The van der Waals surface area contributed by atoms with Crippen LogP contribution in [0.5, 0.6) is 0 Å². The van der Waals surface area contributed by atoms with E-state index in [1.165, 1.54) is 36.2 Å². The zero-order valence-electron chi connectivity index (χ0n) is 11.2. The van der Waals surface area contributed by atoms with Crippen LogP contribution in [0.25, 0.3) is 0 Å². The lowest BCUT2D eigenvalue weighted by Gasteiger charge is -2.28. The number of nitrogens with one attached hydrogen (secondary N) is 1. The van der Waals surface area contributed by atoms with Gasteiger partial charge in [-0.25, -0.2) is 14.0 Å². The first-order chi connectivity index (χ1) is 9.44. The number of benzene rings is 1. The van der Waals surface area contributed by atoms with Crippen LogP contribution in [0, 0.1) is 5.82 Å². The fourth-order valence-corrected chi connectivity index (χ4v) is 2.44. The first kappa shape index (κ1) is 14.3. The molecule has 0 bridgehead atoms. The van der Waals surface area contributed by atoms with Crippen LogP contribution < -0.4 is 10.2 Å². The van der Waals surface area contributed by atoms with Crippen molar-refractivity contribution in [1.82, 2.24) is 5.32 Å². The summed E-state index contributed by atoms with van der Waals surface area (Å²) >= 11 is 0. The van der Waals surface area contributed by atoms with E-state index in [-0.39, 0.29) is 5.82 Å². The topological polar surface area (TPSA) is 69.6 Å². The van der Waals surface area contributed by atoms with Crippen LogP contribution in [0.4, 0.5) is 14.9 Å². The summed E-state index contributed by atoms with van der Waals surface area (Å²) in [6, 6.07) is 4.94. The zero-order valence-corrected chi connectivity index (χ0v) is 11.2. The lowest BCUT2D eigenvalue weighted by molar-refractivity contribution is -0.144. The van der Waals surface area contributed by atoms with Crippen LogP contribution in [0.2, 0.25) is 0 Å². The molecule has 0 atom stereocenters. The number of carbonyl (C=O) groups excluding carboxylic acids is 1. The molecule has 0 unspecified atom stereocenters. The van der Waals surface area contributed by atoms with Gasteiger partial charge in [0.05, 0.1) is 0 Å². The van der Waals surface area contributed by atoms with Crippen LogP contribution in [0.3, 0.4) is 0 Å². The van der Waals surface area contributed by atoms with E-state index in [1.807, 2.05) is 0 Å². The number of nitrogens with zero attached hydrogens (tertiary/aromatic N) is 1. The lowest BCUT2D eigenvalue weighted by Crippen LogP contribution is -2.55. The highest BCUT2D eigenvalue weighted by atomic mass is 19.1. The van der Waals surface area contributed by atoms with Crippen molar-refractivity contribution >= 4 is 17.7 Å². The number of amides is 2. The average molecular weight is 280 g/mol. The molecule has 0 spiro atoms. The summed E-state index contributed by atoms with van der Waals surface area (Å²) in [4.78, 5) is 24.8. The summed E-state index contributed by atoms with van der Waals surface area (Å²) in [6.45, 7) is 0. The number of carboxylic acids is 1. The lowest BCUT2D eigenvalue weighted by atomic mass is 9.98. The minimum Gasteiger partial charge on any atom is -0.480 e. The predicted molar refractivity (Wildman–Crippen MR) is 72.2 cm³/mol. The highest BCUT2D eigenvalue weighted by Gasteiger charge is 2.43. The molecule has 0 aromatic heterocycles. The van der Waals surface area contributed by atoms with Gasteiger partial charge in [-0.2, -0.15) is 0 Å². The average Bonchev–Trinajstić information content (AvgIpc) is 2.88. The second kappa shape index (κ2) is 5.48. The zero-order chi connectivity index (χ0) is 14.8. The molecule has 1 aromatic rings. The Balaban J connectivity index is 2.11. The maximum absolute atomic E-state index is 12.8. The van der Waals surface area contributed by atoms with Crippen molar-refractivity contribution in [1.29, 1.82) is 0 Å². The third kappa shape index (κ3) is 2.74. The molecular formula is C14H17FN2O3. The first-order valence-electron chi connectivity index (χ1n) is 6.49. The summed E-state index contributed by atoms with van der Waals surface area (Å²) in [7, 11) is 1.52. The molecule has 20 heavy (non-hydrogen) atoms. The number of aliphatic carboxylic acids is 1. The maximum atomic E-state index is 12.8. The molecule has 108 valence electrons. The van der Waals surface area contributed by atoms with Crippen molar-refractivity contribution in [2.75, 3.05) is 11.9 Å². The monoisotopic (exact) mass is 280 g/mol. The normalized spacial score (nSPS) is 16.7. The molecule has 1 saturated carbocycles. The minimum atomic E-state index is -1.18. The highest BCUT2D eigenvalue weighted by molar-refractivity contribution is 5.95. The molecular weight excluding hydrogens is 263 g/mol. The quantitative estimate of drug-likeness (QED) is 0.893. The van der Waals surface area contributed by atoms with Gasteiger partial charge in [0.2, 0.25) is 0 Å². The van der Waals surface area contributed by atoms with E-state index >= 15 is 0 Å². The van der Waals surface area contributed by atoms with E-state index in [1.54, 1.807) is 0 Å². The summed E-state index contributed by atoms with van der Waals surface area (Å²) in [6.07, 6.45) is 2.44. The molecule has 1 fully saturated rings. The Bertz CT molecular complexity index is 510. The number of rotatable bonds is 3. The van der Waals surface area contributed by atoms with Gasteiger partial charge in [-0.15, -0.1) is 0 Å². The standard InChI is InChI=1S/C14H17FN2O3/c1-17(11-6-4-10(15)5-7-11)13(20)16-14(12(18)19)8-2-3-9-14/h4-7H,2-3,8-9H2,1H3,(H,16,20)(H,18,19). The molecule has 0 heterocycles. The third-order valence-electron chi connectivity index (χ3n) is 3.73. The highest BCUT2D eigenvalue weighted by Crippen LogP contribution is 2.30. The number of anilines is 1. The molecule has 1 aliphatic rings. The van der Waals surface area contributed by atoms with Gasteiger partial charge in [0.25, 0.3) is 0 Å². The Morgan fingerprint density at radius 2 is 1.80 bits per heavy atom. The summed E-state index contributed by atoms with van der Waals surface area (Å²) in [5.41, 5.74) is -0.673. The number of carbonyl (C=O) groups is 2. The fraction of sp³-hybridized carbons (Fsp3) is 0.429. The van der Waals surface area contributed by atoms with Gasteiger partial charge in [-0.05, 0) is 37.1 Å². The molecule has 2 rings (SSSR count). The molecule has 6 heteroatoms. The Hall–Kier alpha value is -2.11. The number of urea groups is 1. The second-order valence-corrected chi connectivity index (χ2v) is 5.06. The summed E-state index contributed by atoms with van der Waals surface area (Å²) in [5.74, 6) is -1.39. The number of hydrogen-bond donors (Lipinski definition) is 2. The maximum Gasteiger partial charge on any atom is 0.329 e. The molecule has 0 saturated heterocycles. The van der Waals surface area contributed by atoms with E-state index in [4.69, 9.17) is 0 Å². The van der Waals surface area contributed by atoms with Gasteiger partial charge in [0, 0.05) is 12.7 Å². The van der Waals surface area contributed by atoms with Gasteiger partial charge >= 0.3 is 12.0 Å². The molecule has 0 radical (unpaired) electrons. The number of halogens is 1. The third-order valence-corrected chi connectivity index (χ3v) is 3.73. The first-order valence-corrected chi connectivity index (χ1v) is 6.49. The van der Waals surface area contributed by atoms with E-state index in [9.17, 15) is 19.1 Å². The van der Waals surface area contributed by atoms with Gasteiger partial charge < -0.3 is 10.4 Å². The van der Waals surface area contributed by atoms with Crippen molar-refractivity contribution in [3.05, 3.63) is 30.1 Å². The second-order valence-electron chi connectivity index (χ2n) is 5.06. The van der Waals surface area contributed by atoms with Gasteiger partial charge in [0.1, 0.15) is 11.4 Å². The molecule has 1 aliphatic carbocycles. The summed E-state index contributed by atoms with van der Waals surface area (Å²) in [5, 5.41) is 11.9. The van der Waals surface area contributed by atoms with E-state index in [0.29, 0.717) is 18.5 Å². The summed E-state index contributed by atoms with van der Waals surface area (Å²) < 4.78 is 12.8. The molecule has 1 aromatic carbocycles. The predicted octanol–water partition coefficient (Wildman–Crippen LogP) is 2.37. The molecule has 5 nitrogen and oxygen atoms in total. The Kier molecular flexibility index (Phi) is 3.92. The number of carboxylic acid groups (broad SMARTS) is 1. The van der Waals surface area contributed by atoms with Crippen LogP contribution in [0.1, 0.15) is 25.7 Å². The SMILES string of the molecule is CN(C(=O)NC1(C(=O)O)CCCC1)c1ccc(F)cc1. The van der Waals surface area contributed by atoms with Crippen LogP contribution in [0.15, 0.2) is 24.3 Å². The van der Waals surface area contributed by atoms with Gasteiger partial charge in [0.15, 0.2) is 0 Å². The smallest absolute Gasteiger partial charge is 0.329 e. The molecule has 0 aliphatic heterocycles. The largest absolute Gasteiger partial charge is 0.480 e. The Morgan fingerprint density at radius 3 is 2.30 bits per heavy atom. The van der Waals surface area contributed by atoms with Crippen LogP contribution in [-0.4, -0.2) is 29.7 Å². The number of hydrogen-bond acceptors (Lipinski definition) is 2. The minimum absolute atomic E-state index is 0.389. The van der Waals surface area contributed by atoms with E-state index < -0.39 is 17.5 Å². The molecule has 2 amide bonds. The van der Waals surface area contributed by atoms with Crippen molar-refractivity contribution in [3.8, 4) is 0 Å². The van der Waals surface area contributed by atoms with Crippen molar-refractivity contribution in [3.63, 3.8) is 0 Å². The van der Waals surface area contributed by atoms with Crippen molar-refractivity contribution in [2.45, 2.75) is 31.2 Å². The van der Waals surface area contributed by atoms with Gasteiger partial charge in [-0.3, -0.25) is 4.90 Å². The van der Waals surface area contributed by atoms with Crippen molar-refractivity contribution < 1.29 is 19.1 Å². The van der Waals surface area contributed by atoms with Gasteiger partial charge in [-0.1, -0.05) is 12.8 Å². The Morgan fingerprint density at radius 1 is 1.25 bits per heavy atom. The Labute approximate surface area is 116 Å². The van der Waals surface area contributed by atoms with E-state index in [2.05, 4.69) is 5.32 Å². The molecule has 2 N–H and O–H groups in total.